The number of halogens is 3. The van der Waals surface area contributed by atoms with Gasteiger partial charge in [-0.3, -0.25) is 4.79 Å². The van der Waals surface area contributed by atoms with Crippen LogP contribution in [0.15, 0.2) is 53.9 Å². The van der Waals surface area contributed by atoms with Gasteiger partial charge in [0.2, 0.25) is 5.91 Å². The first-order valence-corrected chi connectivity index (χ1v) is 8.23. The van der Waals surface area contributed by atoms with Crippen LogP contribution in [0.25, 0.3) is 22.4 Å². The Bertz CT molecular complexity index is 918. The maximum atomic E-state index is 13.2. The highest BCUT2D eigenvalue weighted by molar-refractivity contribution is 7.14. The van der Waals surface area contributed by atoms with E-state index in [1.807, 2.05) is 0 Å². The number of benzene rings is 2. The summed E-state index contributed by atoms with van der Waals surface area (Å²) in [7, 11) is 0. The van der Waals surface area contributed by atoms with E-state index in [-0.39, 0.29) is 11.5 Å². The monoisotopic (exact) mass is 362 g/mol. The molecule has 0 aliphatic heterocycles. The number of carbonyl (C=O) groups excluding carboxylic acids is 1. The molecule has 0 bridgehead atoms. The normalized spacial score (nSPS) is 11.4. The Morgan fingerprint density at radius 3 is 2.52 bits per heavy atom. The van der Waals surface area contributed by atoms with Crippen molar-refractivity contribution < 1.29 is 18.0 Å². The Kier molecular flexibility index (Phi) is 4.59. The summed E-state index contributed by atoms with van der Waals surface area (Å²) in [5, 5.41) is 4.79. The third-order valence-electron chi connectivity index (χ3n) is 3.49. The molecule has 3 rings (SSSR count). The third-order valence-corrected chi connectivity index (χ3v) is 4.25. The average Bonchev–Trinajstić information content (AvgIpc) is 3.02. The molecule has 0 spiro atoms. The van der Waals surface area contributed by atoms with Gasteiger partial charge in [-0.25, -0.2) is 4.98 Å². The Morgan fingerprint density at radius 2 is 1.80 bits per heavy atom. The fourth-order valence-electron chi connectivity index (χ4n) is 2.44. The first-order valence-electron chi connectivity index (χ1n) is 7.35. The summed E-state index contributed by atoms with van der Waals surface area (Å²) < 4.78 is 39.7. The summed E-state index contributed by atoms with van der Waals surface area (Å²) in [6.07, 6.45) is -4.42. The van der Waals surface area contributed by atoms with Crippen LogP contribution in [0.2, 0.25) is 0 Å². The first-order chi connectivity index (χ1) is 11.8. The molecule has 0 atom stereocenters. The van der Waals surface area contributed by atoms with E-state index in [0.717, 1.165) is 6.07 Å². The van der Waals surface area contributed by atoms with E-state index in [4.69, 9.17) is 0 Å². The molecule has 0 radical (unpaired) electrons. The highest BCUT2D eigenvalue weighted by Gasteiger charge is 2.33. The lowest BCUT2D eigenvalue weighted by molar-refractivity contribution is -0.137. The second kappa shape index (κ2) is 6.68. The molecule has 0 aliphatic rings. The predicted octanol–water partition coefficient (Wildman–Crippen LogP) is 5.45. The number of rotatable bonds is 3. The largest absolute Gasteiger partial charge is 0.417 e. The zero-order valence-corrected chi connectivity index (χ0v) is 13.9. The van der Waals surface area contributed by atoms with Crippen LogP contribution in [0.1, 0.15) is 12.5 Å². The minimum absolute atomic E-state index is 0.120. The topological polar surface area (TPSA) is 42.0 Å². The average molecular weight is 362 g/mol. The summed E-state index contributed by atoms with van der Waals surface area (Å²) in [6, 6.07) is 12.2. The number of alkyl halides is 3. The second-order valence-electron chi connectivity index (χ2n) is 5.34. The number of amides is 1. The van der Waals surface area contributed by atoms with Crippen molar-refractivity contribution in [1.82, 2.24) is 4.98 Å². The second-order valence-corrected chi connectivity index (χ2v) is 6.20. The molecule has 0 saturated carbocycles. The van der Waals surface area contributed by atoms with E-state index in [0.29, 0.717) is 22.0 Å². The number of anilines is 1. The molecule has 2 aromatic carbocycles. The number of nitrogens with one attached hydrogen (secondary N) is 1. The van der Waals surface area contributed by atoms with Crippen LogP contribution < -0.4 is 5.32 Å². The van der Waals surface area contributed by atoms with Crippen molar-refractivity contribution in [2.75, 3.05) is 5.32 Å². The zero-order valence-electron chi connectivity index (χ0n) is 13.1. The van der Waals surface area contributed by atoms with Gasteiger partial charge in [-0.2, -0.15) is 13.2 Å². The maximum absolute atomic E-state index is 13.2. The third kappa shape index (κ3) is 3.88. The molecule has 1 N–H and O–H groups in total. The van der Waals surface area contributed by atoms with Crippen molar-refractivity contribution >= 4 is 22.4 Å². The van der Waals surface area contributed by atoms with E-state index < -0.39 is 11.7 Å². The van der Waals surface area contributed by atoms with Gasteiger partial charge in [-0.1, -0.05) is 36.4 Å². The molecule has 0 fully saturated rings. The lowest BCUT2D eigenvalue weighted by Gasteiger charge is -2.13. The van der Waals surface area contributed by atoms with Crippen LogP contribution in [-0.2, 0) is 11.0 Å². The zero-order chi connectivity index (χ0) is 18.0. The highest BCUT2D eigenvalue weighted by Crippen LogP contribution is 2.38. The van der Waals surface area contributed by atoms with Crippen LogP contribution in [0.4, 0.5) is 18.3 Å². The van der Waals surface area contributed by atoms with Crippen molar-refractivity contribution in [3.63, 3.8) is 0 Å². The molecular formula is C18H13F3N2OS. The Labute approximate surface area is 146 Å². The molecule has 7 heteroatoms. The summed E-state index contributed by atoms with van der Waals surface area (Å²) in [5.74, 6) is -0.228. The summed E-state index contributed by atoms with van der Waals surface area (Å²) in [5.41, 5.74) is 1.18. The van der Waals surface area contributed by atoms with Gasteiger partial charge < -0.3 is 5.32 Å². The van der Waals surface area contributed by atoms with Gasteiger partial charge in [-0.15, -0.1) is 11.3 Å². The van der Waals surface area contributed by atoms with Gasteiger partial charge in [0.05, 0.1) is 11.3 Å². The first kappa shape index (κ1) is 17.2. The highest BCUT2D eigenvalue weighted by atomic mass is 32.1. The van der Waals surface area contributed by atoms with E-state index >= 15 is 0 Å². The van der Waals surface area contributed by atoms with Crippen molar-refractivity contribution in [3.8, 4) is 22.4 Å². The lowest BCUT2D eigenvalue weighted by Crippen LogP contribution is -2.06. The number of thiazole rings is 1. The van der Waals surface area contributed by atoms with Crippen molar-refractivity contribution in [2.45, 2.75) is 13.1 Å². The molecule has 0 unspecified atom stereocenters. The summed E-state index contributed by atoms with van der Waals surface area (Å²) >= 11 is 1.26. The fourth-order valence-corrected chi connectivity index (χ4v) is 3.21. The molecule has 25 heavy (non-hydrogen) atoms. The SMILES string of the molecule is CC(=O)Nc1nc(-c2cccc(-c3ccccc3C(F)(F)F)c2)cs1. The van der Waals surface area contributed by atoms with Gasteiger partial charge in [0.15, 0.2) is 5.13 Å². The quantitative estimate of drug-likeness (QED) is 0.673. The van der Waals surface area contributed by atoms with E-state index in [1.54, 1.807) is 35.7 Å². The number of hydrogen-bond donors (Lipinski definition) is 1. The molecule has 1 heterocycles. The Hall–Kier alpha value is -2.67. The molecule has 1 amide bonds. The minimum Gasteiger partial charge on any atom is -0.302 e. The molecule has 3 nitrogen and oxygen atoms in total. The molecule has 128 valence electrons. The van der Waals surface area contributed by atoms with Crippen LogP contribution in [-0.4, -0.2) is 10.9 Å². The number of aromatic nitrogens is 1. The van der Waals surface area contributed by atoms with E-state index in [9.17, 15) is 18.0 Å². The summed E-state index contributed by atoms with van der Waals surface area (Å²) in [4.78, 5) is 15.4. The summed E-state index contributed by atoms with van der Waals surface area (Å²) in [6.45, 7) is 1.38. The Balaban J connectivity index is 2.01. The van der Waals surface area contributed by atoms with Crippen LogP contribution in [0, 0.1) is 0 Å². The molecular weight excluding hydrogens is 349 g/mol. The van der Waals surface area contributed by atoms with E-state index in [2.05, 4.69) is 10.3 Å². The van der Waals surface area contributed by atoms with E-state index in [1.165, 1.54) is 30.4 Å². The maximum Gasteiger partial charge on any atom is 0.417 e. The lowest BCUT2D eigenvalue weighted by atomic mass is 9.97. The minimum atomic E-state index is -4.42. The molecule has 3 aromatic rings. The molecule has 0 aliphatic carbocycles. The number of nitrogens with zero attached hydrogens (tertiary/aromatic N) is 1. The van der Waals surface area contributed by atoms with Crippen molar-refractivity contribution in [2.24, 2.45) is 0 Å². The standard InChI is InChI=1S/C18H13F3N2OS/c1-11(24)22-17-23-16(10-25-17)13-6-4-5-12(9-13)14-7-2-3-8-15(14)18(19,20)21/h2-10H,1H3,(H,22,23,24). The van der Waals surface area contributed by atoms with Crippen LogP contribution >= 0.6 is 11.3 Å². The molecule has 0 saturated heterocycles. The smallest absolute Gasteiger partial charge is 0.302 e. The number of carbonyl (C=O) groups is 1. The van der Waals surface area contributed by atoms with Gasteiger partial charge in [0.1, 0.15) is 0 Å². The van der Waals surface area contributed by atoms with Gasteiger partial charge >= 0.3 is 6.18 Å². The van der Waals surface area contributed by atoms with Gasteiger partial charge in [-0.05, 0) is 23.3 Å². The number of hydrogen-bond acceptors (Lipinski definition) is 3. The fraction of sp³-hybridized carbons (Fsp3) is 0.111. The van der Waals surface area contributed by atoms with Crippen LogP contribution in [0.5, 0.6) is 0 Å². The van der Waals surface area contributed by atoms with Crippen molar-refractivity contribution in [1.29, 1.82) is 0 Å². The van der Waals surface area contributed by atoms with Crippen LogP contribution in [0.3, 0.4) is 0 Å². The van der Waals surface area contributed by atoms with Gasteiger partial charge in [0.25, 0.3) is 0 Å². The molecule has 1 aromatic heterocycles. The Morgan fingerprint density at radius 1 is 1.08 bits per heavy atom. The van der Waals surface area contributed by atoms with Gasteiger partial charge in [0, 0.05) is 17.9 Å². The predicted molar refractivity (Wildman–Crippen MR) is 92.3 cm³/mol. The van der Waals surface area contributed by atoms with Crippen molar-refractivity contribution in [3.05, 3.63) is 59.5 Å².